The largest absolute Gasteiger partial charge is 0.491 e. The standard InChI is InChI=1S/C18H30N2O2/c1-13(2)19-11-10-17(20-15(5)21)12-16-6-8-18(9-7-16)22-14(3)4/h6-9,13-14,17,19H,10-12H2,1-5H3,(H,20,21)/t17-/m0/s1. The van der Waals surface area contributed by atoms with E-state index in [1.807, 2.05) is 26.0 Å². The molecule has 1 rings (SSSR count). The number of hydrogen-bond donors (Lipinski definition) is 2. The number of amides is 1. The Morgan fingerprint density at radius 2 is 1.77 bits per heavy atom. The van der Waals surface area contributed by atoms with Crippen LogP contribution in [-0.4, -0.2) is 30.6 Å². The van der Waals surface area contributed by atoms with E-state index in [-0.39, 0.29) is 18.1 Å². The van der Waals surface area contributed by atoms with Gasteiger partial charge in [-0.1, -0.05) is 26.0 Å². The van der Waals surface area contributed by atoms with Crippen LogP contribution in [-0.2, 0) is 11.2 Å². The lowest BCUT2D eigenvalue weighted by Crippen LogP contribution is -2.38. The van der Waals surface area contributed by atoms with Crippen LogP contribution < -0.4 is 15.4 Å². The molecule has 22 heavy (non-hydrogen) atoms. The molecule has 0 aliphatic heterocycles. The zero-order valence-corrected chi connectivity index (χ0v) is 14.5. The molecule has 4 heteroatoms. The third kappa shape index (κ3) is 8.03. The first-order chi connectivity index (χ1) is 10.4. The van der Waals surface area contributed by atoms with Gasteiger partial charge in [-0.25, -0.2) is 0 Å². The molecule has 4 nitrogen and oxygen atoms in total. The highest BCUT2D eigenvalue weighted by Crippen LogP contribution is 2.15. The van der Waals surface area contributed by atoms with Crippen molar-refractivity contribution in [3.8, 4) is 5.75 Å². The first-order valence-electron chi connectivity index (χ1n) is 8.13. The lowest BCUT2D eigenvalue weighted by Gasteiger charge is -2.19. The summed E-state index contributed by atoms with van der Waals surface area (Å²) in [6, 6.07) is 8.75. The van der Waals surface area contributed by atoms with Gasteiger partial charge in [-0.15, -0.1) is 0 Å². The summed E-state index contributed by atoms with van der Waals surface area (Å²) in [5, 5.41) is 6.43. The van der Waals surface area contributed by atoms with Crippen molar-refractivity contribution in [1.29, 1.82) is 0 Å². The summed E-state index contributed by atoms with van der Waals surface area (Å²) < 4.78 is 5.65. The van der Waals surface area contributed by atoms with Crippen LogP contribution in [0.5, 0.6) is 5.75 Å². The summed E-state index contributed by atoms with van der Waals surface area (Å²) in [6.07, 6.45) is 1.93. The fourth-order valence-electron chi connectivity index (χ4n) is 2.32. The summed E-state index contributed by atoms with van der Waals surface area (Å²) in [4.78, 5) is 11.4. The first-order valence-corrected chi connectivity index (χ1v) is 8.13. The second-order valence-electron chi connectivity index (χ2n) is 6.31. The molecule has 1 amide bonds. The molecule has 1 aromatic carbocycles. The number of rotatable bonds is 9. The van der Waals surface area contributed by atoms with Gasteiger partial charge >= 0.3 is 0 Å². The Kier molecular flexibility index (Phi) is 7.96. The van der Waals surface area contributed by atoms with Crippen LogP contribution in [0, 0.1) is 0 Å². The van der Waals surface area contributed by atoms with Gasteiger partial charge in [-0.05, 0) is 50.9 Å². The first kappa shape index (κ1) is 18.5. The fraction of sp³-hybridized carbons (Fsp3) is 0.611. The molecule has 0 fully saturated rings. The van der Waals surface area contributed by atoms with Crippen molar-refractivity contribution in [1.82, 2.24) is 10.6 Å². The van der Waals surface area contributed by atoms with Crippen LogP contribution in [0.15, 0.2) is 24.3 Å². The maximum atomic E-state index is 11.4. The van der Waals surface area contributed by atoms with E-state index in [0.29, 0.717) is 6.04 Å². The zero-order chi connectivity index (χ0) is 16.5. The Labute approximate surface area is 134 Å². The van der Waals surface area contributed by atoms with E-state index in [9.17, 15) is 4.79 Å². The smallest absolute Gasteiger partial charge is 0.217 e. The predicted molar refractivity (Wildman–Crippen MR) is 91.3 cm³/mol. The Morgan fingerprint density at radius 3 is 2.27 bits per heavy atom. The molecule has 2 N–H and O–H groups in total. The highest BCUT2D eigenvalue weighted by Gasteiger charge is 2.11. The Balaban J connectivity index is 2.57. The summed E-state index contributed by atoms with van der Waals surface area (Å²) in [7, 11) is 0. The number of hydrogen-bond acceptors (Lipinski definition) is 3. The van der Waals surface area contributed by atoms with Gasteiger partial charge in [0.25, 0.3) is 0 Å². The molecule has 0 saturated heterocycles. The Morgan fingerprint density at radius 1 is 1.14 bits per heavy atom. The highest BCUT2D eigenvalue weighted by atomic mass is 16.5. The lowest BCUT2D eigenvalue weighted by atomic mass is 10.0. The van der Waals surface area contributed by atoms with Gasteiger partial charge in [0.15, 0.2) is 0 Å². The minimum absolute atomic E-state index is 0.0225. The van der Waals surface area contributed by atoms with Gasteiger partial charge in [0.1, 0.15) is 5.75 Å². The molecule has 0 radical (unpaired) electrons. The third-order valence-corrected chi connectivity index (χ3v) is 3.23. The number of carbonyl (C=O) groups excluding carboxylic acids is 1. The van der Waals surface area contributed by atoms with Crippen LogP contribution in [0.1, 0.15) is 46.6 Å². The molecule has 0 aliphatic rings. The molecule has 0 aliphatic carbocycles. The number of nitrogens with one attached hydrogen (secondary N) is 2. The molecule has 0 spiro atoms. The van der Waals surface area contributed by atoms with E-state index in [2.05, 4.69) is 36.6 Å². The molecule has 124 valence electrons. The molecule has 0 unspecified atom stereocenters. The average molecular weight is 306 g/mol. The Bertz CT molecular complexity index is 441. The topological polar surface area (TPSA) is 50.4 Å². The van der Waals surface area contributed by atoms with Gasteiger partial charge in [-0.2, -0.15) is 0 Å². The Hall–Kier alpha value is -1.55. The van der Waals surface area contributed by atoms with Crippen LogP contribution in [0.25, 0.3) is 0 Å². The van der Waals surface area contributed by atoms with E-state index in [1.165, 1.54) is 5.56 Å². The summed E-state index contributed by atoms with van der Waals surface area (Å²) >= 11 is 0. The molecular weight excluding hydrogens is 276 g/mol. The fourth-order valence-corrected chi connectivity index (χ4v) is 2.32. The number of ether oxygens (including phenoxy) is 1. The second-order valence-corrected chi connectivity index (χ2v) is 6.31. The third-order valence-electron chi connectivity index (χ3n) is 3.23. The second kappa shape index (κ2) is 9.46. The molecule has 0 bridgehead atoms. The van der Waals surface area contributed by atoms with E-state index >= 15 is 0 Å². The molecular formula is C18H30N2O2. The van der Waals surface area contributed by atoms with Crippen molar-refractivity contribution in [3.63, 3.8) is 0 Å². The molecule has 0 heterocycles. The number of benzene rings is 1. The SMILES string of the molecule is CC(=O)N[C@@H](CCNC(C)C)Cc1ccc(OC(C)C)cc1. The summed E-state index contributed by atoms with van der Waals surface area (Å²) in [5.74, 6) is 0.908. The maximum Gasteiger partial charge on any atom is 0.217 e. The molecule has 1 aromatic rings. The molecule has 0 saturated carbocycles. The van der Waals surface area contributed by atoms with Crippen LogP contribution in [0.4, 0.5) is 0 Å². The number of carbonyl (C=O) groups is 1. The van der Waals surface area contributed by atoms with E-state index < -0.39 is 0 Å². The van der Waals surface area contributed by atoms with E-state index in [4.69, 9.17) is 4.74 Å². The van der Waals surface area contributed by atoms with Crippen LogP contribution in [0.2, 0.25) is 0 Å². The summed E-state index contributed by atoms with van der Waals surface area (Å²) in [5.41, 5.74) is 1.21. The minimum Gasteiger partial charge on any atom is -0.491 e. The quantitative estimate of drug-likeness (QED) is 0.737. The normalized spacial score (nSPS) is 12.5. The van der Waals surface area contributed by atoms with Gasteiger partial charge in [0.2, 0.25) is 5.91 Å². The lowest BCUT2D eigenvalue weighted by molar-refractivity contribution is -0.119. The van der Waals surface area contributed by atoms with Crippen LogP contribution >= 0.6 is 0 Å². The van der Waals surface area contributed by atoms with Crippen molar-refractivity contribution in [2.45, 2.75) is 65.6 Å². The zero-order valence-electron chi connectivity index (χ0n) is 14.5. The van der Waals surface area contributed by atoms with E-state index in [0.717, 1.165) is 25.1 Å². The van der Waals surface area contributed by atoms with Crippen molar-refractivity contribution in [2.75, 3.05) is 6.54 Å². The predicted octanol–water partition coefficient (Wildman–Crippen LogP) is 2.91. The van der Waals surface area contributed by atoms with Crippen molar-refractivity contribution < 1.29 is 9.53 Å². The maximum absolute atomic E-state index is 11.4. The van der Waals surface area contributed by atoms with Gasteiger partial charge < -0.3 is 15.4 Å². The average Bonchev–Trinajstić information content (AvgIpc) is 2.39. The molecule has 0 aromatic heterocycles. The highest BCUT2D eigenvalue weighted by molar-refractivity contribution is 5.73. The monoisotopic (exact) mass is 306 g/mol. The van der Waals surface area contributed by atoms with Crippen molar-refractivity contribution in [3.05, 3.63) is 29.8 Å². The van der Waals surface area contributed by atoms with Gasteiger partial charge in [-0.3, -0.25) is 4.79 Å². The molecule has 1 atom stereocenters. The van der Waals surface area contributed by atoms with Crippen LogP contribution in [0.3, 0.4) is 0 Å². The van der Waals surface area contributed by atoms with Crippen molar-refractivity contribution in [2.24, 2.45) is 0 Å². The summed E-state index contributed by atoms with van der Waals surface area (Å²) in [6.45, 7) is 10.8. The van der Waals surface area contributed by atoms with Gasteiger partial charge in [0.05, 0.1) is 6.10 Å². The van der Waals surface area contributed by atoms with E-state index in [1.54, 1.807) is 6.92 Å². The van der Waals surface area contributed by atoms with Crippen molar-refractivity contribution >= 4 is 5.91 Å². The van der Waals surface area contributed by atoms with Gasteiger partial charge in [0, 0.05) is 19.0 Å². The minimum atomic E-state index is 0.0225.